The first-order valence-corrected chi connectivity index (χ1v) is 5.67. The molecule has 0 aromatic carbocycles. The molecule has 90 valence electrons. The van der Waals surface area contributed by atoms with Crippen LogP contribution in [0.15, 0.2) is 0 Å². The van der Waals surface area contributed by atoms with E-state index in [1.807, 2.05) is 0 Å². The van der Waals surface area contributed by atoms with Crippen LogP contribution in [0, 0.1) is 0 Å². The second kappa shape index (κ2) is 6.43. The molecule has 1 aliphatic rings. The summed E-state index contributed by atoms with van der Waals surface area (Å²) in [6, 6.07) is 0.845. The summed E-state index contributed by atoms with van der Waals surface area (Å²) in [5.41, 5.74) is 0. The van der Waals surface area contributed by atoms with Crippen molar-refractivity contribution in [2.45, 2.75) is 38.1 Å². The van der Waals surface area contributed by atoms with Gasteiger partial charge in [0.2, 0.25) is 0 Å². The lowest BCUT2D eigenvalue weighted by Crippen LogP contribution is -2.49. The molecule has 1 N–H and O–H groups in total. The zero-order valence-corrected chi connectivity index (χ0v) is 10.3. The van der Waals surface area contributed by atoms with Crippen LogP contribution in [-0.4, -0.2) is 57.6 Å². The third-order valence-electron chi connectivity index (χ3n) is 3.09. The monoisotopic (exact) mass is 216 g/mol. The van der Waals surface area contributed by atoms with Crippen molar-refractivity contribution >= 4 is 0 Å². The molecule has 0 aromatic rings. The van der Waals surface area contributed by atoms with Crippen molar-refractivity contribution in [2.24, 2.45) is 0 Å². The van der Waals surface area contributed by atoms with Crippen molar-refractivity contribution in [1.82, 2.24) is 10.2 Å². The molecule has 1 unspecified atom stereocenters. The summed E-state index contributed by atoms with van der Waals surface area (Å²) < 4.78 is 10.5. The Labute approximate surface area is 92.9 Å². The first-order chi connectivity index (χ1) is 7.17. The zero-order valence-electron chi connectivity index (χ0n) is 10.3. The fourth-order valence-electron chi connectivity index (χ4n) is 2.13. The van der Waals surface area contributed by atoms with Crippen molar-refractivity contribution in [3.05, 3.63) is 0 Å². The van der Waals surface area contributed by atoms with Gasteiger partial charge in [-0.05, 0) is 39.9 Å². The van der Waals surface area contributed by atoms with E-state index < -0.39 is 0 Å². The molecule has 4 nitrogen and oxygen atoms in total. The topological polar surface area (TPSA) is 33.7 Å². The lowest BCUT2D eigenvalue weighted by molar-refractivity contribution is -0.121. The first kappa shape index (κ1) is 12.9. The highest BCUT2D eigenvalue weighted by molar-refractivity contribution is 4.79. The highest BCUT2D eigenvalue weighted by Gasteiger charge is 2.22. The standard InChI is InChI=1S/C11H24N2O2/c1-9(11(14-3)15-4)12-10-5-7-13(2)8-6-10/h9-12H,5-8H2,1-4H3. The van der Waals surface area contributed by atoms with E-state index in [4.69, 9.17) is 9.47 Å². The average molecular weight is 216 g/mol. The third kappa shape index (κ3) is 4.07. The molecule has 1 aliphatic heterocycles. The summed E-state index contributed by atoms with van der Waals surface area (Å²) >= 11 is 0. The maximum atomic E-state index is 5.23. The van der Waals surface area contributed by atoms with E-state index in [9.17, 15) is 0 Å². The van der Waals surface area contributed by atoms with Gasteiger partial charge in [0.05, 0.1) is 6.04 Å². The van der Waals surface area contributed by atoms with E-state index in [2.05, 4.69) is 24.2 Å². The SMILES string of the molecule is COC(OC)C(C)NC1CCN(C)CC1. The quantitative estimate of drug-likeness (QED) is 0.685. The fourth-order valence-corrected chi connectivity index (χ4v) is 2.13. The Morgan fingerprint density at radius 1 is 1.20 bits per heavy atom. The van der Waals surface area contributed by atoms with Crippen LogP contribution in [0.4, 0.5) is 0 Å². The maximum Gasteiger partial charge on any atom is 0.171 e. The Bertz CT molecular complexity index is 166. The van der Waals surface area contributed by atoms with E-state index in [0.29, 0.717) is 6.04 Å². The van der Waals surface area contributed by atoms with Crippen LogP contribution in [0.25, 0.3) is 0 Å². The molecule has 1 heterocycles. The van der Waals surface area contributed by atoms with E-state index in [0.717, 1.165) is 0 Å². The molecule has 1 atom stereocenters. The molecule has 0 amide bonds. The largest absolute Gasteiger partial charge is 0.354 e. The Morgan fingerprint density at radius 2 is 1.73 bits per heavy atom. The summed E-state index contributed by atoms with van der Waals surface area (Å²) in [6.07, 6.45) is 2.27. The van der Waals surface area contributed by atoms with Gasteiger partial charge in [-0.2, -0.15) is 0 Å². The van der Waals surface area contributed by atoms with Gasteiger partial charge in [-0.25, -0.2) is 0 Å². The van der Waals surface area contributed by atoms with E-state index in [1.165, 1.54) is 25.9 Å². The number of hydrogen-bond acceptors (Lipinski definition) is 4. The highest BCUT2D eigenvalue weighted by Crippen LogP contribution is 2.10. The number of nitrogens with one attached hydrogen (secondary N) is 1. The van der Waals surface area contributed by atoms with Gasteiger partial charge < -0.3 is 19.7 Å². The van der Waals surface area contributed by atoms with Crippen molar-refractivity contribution < 1.29 is 9.47 Å². The predicted molar refractivity (Wildman–Crippen MR) is 60.9 cm³/mol. The second-order valence-electron chi connectivity index (χ2n) is 4.37. The molecular formula is C11H24N2O2. The lowest BCUT2D eigenvalue weighted by Gasteiger charge is -2.33. The predicted octanol–water partition coefficient (Wildman–Crippen LogP) is 0.678. The summed E-state index contributed by atoms with van der Waals surface area (Å²) in [4.78, 5) is 2.37. The summed E-state index contributed by atoms with van der Waals surface area (Å²) in [6.45, 7) is 4.46. The molecule has 1 saturated heterocycles. The van der Waals surface area contributed by atoms with E-state index in [-0.39, 0.29) is 12.3 Å². The van der Waals surface area contributed by atoms with Gasteiger partial charge in [0.1, 0.15) is 0 Å². The average Bonchev–Trinajstić information content (AvgIpc) is 2.23. The number of hydrogen-bond donors (Lipinski definition) is 1. The smallest absolute Gasteiger partial charge is 0.171 e. The molecule has 0 bridgehead atoms. The van der Waals surface area contributed by atoms with Crippen LogP contribution in [0.5, 0.6) is 0 Å². The molecule has 0 aromatic heterocycles. The van der Waals surface area contributed by atoms with Gasteiger partial charge in [0.15, 0.2) is 6.29 Å². The Morgan fingerprint density at radius 3 is 2.20 bits per heavy atom. The first-order valence-electron chi connectivity index (χ1n) is 5.67. The van der Waals surface area contributed by atoms with Crippen LogP contribution >= 0.6 is 0 Å². The molecule has 15 heavy (non-hydrogen) atoms. The molecule has 0 spiro atoms. The second-order valence-corrected chi connectivity index (χ2v) is 4.37. The van der Waals surface area contributed by atoms with Crippen molar-refractivity contribution in [3.63, 3.8) is 0 Å². The van der Waals surface area contributed by atoms with Gasteiger partial charge in [-0.1, -0.05) is 0 Å². The third-order valence-corrected chi connectivity index (χ3v) is 3.09. The van der Waals surface area contributed by atoms with Gasteiger partial charge in [0, 0.05) is 20.3 Å². The van der Waals surface area contributed by atoms with Crippen molar-refractivity contribution in [2.75, 3.05) is 34.4 Å². The van der Waals surface area contributed by atoms with Crippen LogP contribution in [0.1, 0.15) is 19.8 Å². The zero-order chi connectivity index (χ0) is 11.3. The van der Waals surface area contributed by atoms with Crippen LogP contribution < -0.4 is 5.32 Å². The molecule has 4 heteroatoms. The lowest BCUT2D eigenvalue weighted by atomic mass is 10.0. The minimum Gasteiger partial charge on any atom is -0.354 e. The number of rotatable bonds is 5. The van der Waals surface area contributed by atoms with Crippen LogP contribution in [0.2, 0.25) is 0 Å². The Balaban J connectivity index is 2.28. The molecule has 0 aliphatic carbocycles. The minimum atomic E-state index is -0.148. The summed E-state index contributed by atoms with van der Waals surface area (Å²) in [5, 5.41) is 3.56. The summed E-state index contributed by atoms with van der Waals surface area (Å²) in [5.74, 6) is 0. The fraction of sp³-hybridized carbons (Fsp3) is 1.00. The summed E-state index contributed by atoms with van der Waals surface area (Å²) in [7, 11) is 5.54. The van der Waals surface area contributed by atoms with E-state index >= 15 is 0 Å². The number of ether oxygens (including phenoxy) is 2. The van der Waals surface area contributed by atoms with Crippen LogP contribution in [0.3, 0.4) is 0 Å². The maximum absolute atomic E-state index is 5.23. The van der Waals surface area contributed by atoms with Gasteiger partial charge in [-0.15, -0.1) is 0 Å². The Hall–Kier alpha value is -0.160. The van der Waals surface area contributed by atoms with Gasteiger partial charge >= 0.3 is 0 Å². The molecule has 0 radical (unpaired) electrons. The number of methoxy groups -OCH3 is 2. The van der Waals surface area contributed by atoms with Crippen molar-refractivity contribution in [1.29, 1.82) is 0 Å². The Kier molecular flexibility index (Phi) is 5.53. The van der Waals surface area contributed by atoms with E-state index in [1.54, 1.807) is 14.2 Å². The van der Waals surface area contributed by atoms with Gasteiger partial charge in [-0.3, -0.25) is 0 Å². The number of nitrogens with zero attached hydrogens (tertiary/aromatic N) is 1. The minimum absolute atomic E-state index is 0.148. The number of piperidine rings is 1. The van der Waals surface area contributed by atoms with Crippen molar-refractivity contribution in [3.8, 4) is 0 Å². The highest BCUT2D eigenvalue weighted by atomic mass is 16.7. The number of likely N-dealkylation sites (tertiary alicyclic amines) is 1. The molecular weight excluding hydrogens is 192 g/mol. The normalized spacial score (nSPS) is 22.2. The molecule has 1 fully saturated rings. The van der Waals surface area contributed by atoms with Crippen LogP contribution in [-0.2, 0) is 9.47 Å². The van der Waals surface area contributed by atoms with Gasteiger partial charge in [0.25, 0.3) is 0 Å². The molecule has 0 saturated carbocycles. The molecule has 1 rings (SSSR count).